The molecule has 0 aromatic carbocycles. The third kappa shape index (κ3) is 4.50. The summed E-state index contributed by atoms with van der Waals surface area (Å²) in [5.74, 6) is -6.29. The van der Waals surface area contributed by atoms with Crippen LogP contribution in [0.1, 0.15) is 19.3 Å². The second kappa shape index (κ2) is 8.64. The lowest BCUT2D eigenvalue weighted by Crippen LogP contribution is -2.65. The lowest BCUT2D eigenvalue weighted by molar-refractivity contribution is -0.303. The SMILES string of the molecule is C#CCCC(=O)CC1C(O)C(F)C(F)(C(=O)O)OC1[C@H](O)[C@H](O)CO. The molecule has 25 heavy (non-hydrogen) atoms. The molecule has 0 aromatic rings. The molecule has 0 spiro atoms. The van der Waals surface area contributed by atoms with Gasteiger partial charge in [-0.2, -0.15) is 4.39 Å². The van der Waals surface area contributed by atoms with E-state index in [-0.39, 0.29) is 12.8 Å². The van der Waals surface area contributed by atoms with Crippen LogP contribution in [0.15, 0.2) is 0 Å². The lowest BCUT2D eigenvalue weighted by Gasteiger charge is -2.45. The fourth-order valence-electron chi connectivity index (χ4n) is 2.61. The Morgan fingerprint density at radius 2 is 1.96 bits per heavy atom. The summed E-state index contributed by atoms with van der Waals surface area (Å²) < 4.78 is 32.9. The van der Waals surface area contributed by atoms with E-state index in [1.54, 1.807) is 0 Å². The minimum absolute atomic E-state index is 0.0518. The maximum atomic E-state index is 14.3. The van der Waals surface area contributed by atoms with Crippen LogP contribution in [-0.2, 0) is 14.3 Å². The molecule has 142 valence electrons. The Kier molecular flexibility index (Phi) is 7.40. The Morgan fingerprint density at radius 1 is 1.36 bits per heavy atom. The number of halogens is 2. The summed E-state index contributed by atoms with van der Waals surface area (Å²) in [4.78, 5) is 22.8. The van der Waals surface area contributed by atoms with E-state index < -0.39 is 67.1 Å². The van der Waals surface area contributed by atoms with Crippen molar-refractivity contribution >= 4 is 11.8 Å². The second-order valence-electron chi connectivity index (χ2n) is 5.78. The van der Waals surface area contributed by atoms with Gasteiger partial charge < -0.3 is 30.3 Å². The average molecular weight is 366 g/mol. The molecule has 1 fully saturated rings. The van der Waals surface area contributed by atoms with Crippen LogP contribution in [0, 0.1) is 18.3 Å². The molecule has 5 unspecified atom stereocenters. The molecule has 1 aliphatic rings. The number of carboxylic acid groups (broad SMARTS) is 1. The number of hydrogen-bond acceptors (Lipinski definition) is 7. The number of ether oxygens (including phenoxy) is 1. The Labute approximate surface area is 142 Å². The van der Waals surface area contributed by atoms with E-state index >= 15 is 0 Å². The Morgan fingerprint density at radius 3 is 2.44 bits per heavy atom. The summed E-state index contributed by atoms with van der Waals surface area (Å²) in [6, 6.07) is 0. The van der Waals surface area contributed by atoms with Gasteiger partial charge in [-0.05, 0) is 0 Å². The van der Waals surface area contributed by atoms with Crippen LogP contribution in [-0.4, -0.2) is 80.3 Å². The highest BCUT2D eigenvalue weighted by Crippen LogP contribution is 2.40. The zero-order valence-electron chi connectivity index (χ0n) is 13.1. The predicted molar refractivity (Wildman–Crippen MR) is 77.5 cm³/mol. The van der Waals surface area contributed by atoms with Crippen molar-refractivity contribution in [2.75, 3.05) is 6.61 Å². The van der Waals surface area contributed by atoms with Gasteiger partial charge in [0.15, 0.2) is 6.17 Å². The number of alkyl halides is 2. The van der Waals surface area contributed by atoms with Crippen molar-refractivity contribution in [3.8, 4) is 12.3 Å². The van der Waals surface area contributed by atoms with Crippen LogP contribution in [0.2, 0.25) is 0 Å². The van der Waals surface area contributed by atoms with Gasteiger partial charge in [0.2, 0.25) is 0 Å². The number of rotatable bonds is 8. The van der Waals surface area contributed by atoms with Gasteiger partial charge >= 0.3 is 11.8 Å². The molecule has 0 aliphatic carbocycles. The molecule has 0 amide bonds. The van der Waals surface area contributed by atoms with Gasteiger partial charge in [0.25, 0.3) is 0 Å². The molecule has 0 saturated carbocycles. The molecule has 1 heterocycles. The molecule has 1 rings (SSSR count). The number of Topliss-reactive ketones (excluding diaryl/α,β-unsaturated/α-hetero) is 1. The molecule has 5 N–H and O–H groups in total. The molecular formula is C15H20F2O8. The predicted octanol–water partition coefficient (Wildman–Crippen LogP) is -1.46. The summed E-state index contributed by atoms with van der Waals surface area (Å²) in [7, 11) is 0. The zero-order chi connectivity index (χ0) is 19.4. The standard InChI is InChI=1S/C15H20F2O8/c1-2-3-4-7(19)5-8-10(21)13(16)15(17,14(23)24)25-12(8)11(22)9(20)6-18/h1,8-13,18,20-22H,3-6H2,(H,23,24)/t8?,9-,10?,11-,12?,13?,15?/m1/s1. The van der Waals surface area contributed by atoms with Crippen molar-refractivity contribution in [1.29, 1.82) is 0 Å². The van der Waals surface area contributed by atoms with E-state index in [1.165, 1.54) is 0 Å². The van der Waals surface area contributed by atoms with Crippen LogP contribution < -0.4 is 0 Å². The molecular weight excluding hydrogens is 346 g/mol. The molecule has 1 saturated heterocycles. The highest BCUT2D eigenvalue weighted by molar-refractivity contribution is 5.79. The number of hydrogen-bond donors (Lipinski definition) is 5. The first-order valence-corrected chi connectivity index (χ1v) is 7.44. The van der Waals surface area contributed by atoms with E-state index in [0.717, 1.165) is 0 Å². The number of carbonyl (C=O) groups excluding carboxylic acids is 1. The monoisotopic (exact) mass is 366 g/mol. The first kappa shape index (κ1) is 21.4. The van der Waals surface area contributed by atoms with Crippen LogP contribution in [0.3, 0.4) is 0 Å². The van der Waals surface area contributed by atoms with Gasteiger partial charge in [0.05, 0.1) is 18.8 Å². The summed E-state index contributed by atoms with van der Waals surface area (Å²) in [5.41, 5.74) is 0. The highest BCUT2D eigenvalue weighted by atomic mass is 19.2. The van der Waals surface area contributed by atoms with E-state index in [9.17, 15) is 33.7 Å². The number of aliphatic hydroxyl groups is 4. The van der Waals surface area contributed by atoms with Gasteiger partial charge in [0, 0.05) is 25.2 Å². The van der Waals surface area contributed by atoms with Crippen molar-refractivity contribution in [2.45, 2.75) is 55.7 Å². The Hall–Kier alpha value is -1.64. The van der Waals surface area contributed by atoms with Gasteiger partial charge in [-0.3, -0.25) is 4.79 Å². The fraction of sp³-hybridized carbons (Fsp3) is 0.733. The molecule has 0 bridgehead atoms. The van der Waals surface area contributed by atoms with E-state index in [2.05, 4.69) is 10.7 Å². The summed E-state index contributed by atoms with van der Waals surface area (Å²) in [6.45, 7) is -1.000. The Bertz CT molecular complexity index is 536. The average Bonchev–Trinajstić information content (AvgIpc) is 2.58. The molecule has 0 aromatic heterocycles. The summed E-state index contributed by atoms with van der Waals surface area (Å²) in [5, 5.41) is 47.1. The van der Waals surface area contributed by atoms with Crippen LogP contribution in [0.25, 0.3) is 0 Å². The minimum atomic E-state index is -3.99. The summed E-state index contributed by atoms with van der Waals surface area (Å²) >= 11 is 0. The van der Waals surface area contributed by atoms with Crippen molar-refractivity contribution in [3.63, 3.8) is 0 Å². The second-order valence-corrected chi connectivity index (χ2v) is 5.78. The van der Waals surface area contributed by atoms with Crippen LogP contribution >= 0.6 is 0 Å². The zero-order valence-corrected chi connectivity index (χ0v) is 13.1. The fourth-order valence-corrected chi connectivity index (χ4v) is 2.61. The van der Waals surface area contributed by atoms with Crippen molar-refractivity contribution < 1.29 is 48.6 Å². The number of aliphatic carboxylic acids is 1. The maximum Gasteiger partial charge on any atom is 0.372 e. The number of terminal acetylenes is 1. The quantitative estimate of drug-likeness (QED) is 0.328. The van der Waals surface area contributed by atoms with Gasteiger partial charge in [0.1, 0.15) is 18.0 Å². The first-order valence-electron chi connectivity index (χ1n) is 7.44. The van der Waals surface area contributed by atoms with Gasteiger partial charge in [-0.1, -0.05) is 0 Å². The Balaban J connectivity index is 3.14. The van der Waals surface area contributed by atoms with Gasteiger partial charge in [-0.15, -0.1) is 12.3 Å². The largest absolute Gasteiger partial charge is 0.477 e. The first-order chi connectivity index (χ1) is 11.6. The smallest absolute Gasteiger partial charge is 0.372 e. The number of carboxylic acids is 1. The third-order valence-corrected chi connectivity index (χ3v) is 4.04. The minimum Gasteiger partial charge on any atom is -0.477 e. The van der Waals surface area contributed by atoms with Crippen molar-refractivity contribution in [1.82, 2.24) is 0 Å². The molecule has 0 radical (unpaired) electrons. The molecule has 1 aliphatic heterocycles. The van der Waals surface area contributed by atoms with E-state index in [0.29, 0.717) is 0 Å². The van der Waals surface area contributed by atoms with Gasteiger partial charge in [-0.25, -0.2) is 9.18 Å². The number of carbonyl (C=O) groups is 2. The van der Waals surface area contributed by atoms with Crippen LogP contribution in [0.4, 0.5) is 8.78 Å². The molecule has 8 nitrogen and oxygen atoms in total. The maximum absolute atomic E-state index is 14.3. The van der Waals surface area contributed by atoms with E-state index in [4.69, 9.17) is 16.6 Å². The van der Waals surface area contributed by atoms with Crippen LogP contribution in [0.5, 0.6) is 0 Å². The summed E-state index contributed by atoms with van der Waals surface area (Å²) in [6.07, 6.45) is -6.95. The molecule has 10 heteroatoms. The highest BCUT2D eigenvalue weighted by Gasteiger charge is 2.62. The topological polar surface area (TPSA) is 145 Å². The third-order valence-electron chi connectivity index (χ3n) is 4.04. The number of aliphatic hydroxyl groups excluding tert-OH is 4. The van der Waals surface area contributed by atoms with Crippen molar-refractivity contribution in [3.05, 3.63) is 0 Å². The lowest BCUT2D eigenvalue weighted by atomic mass is 9.79. The molecule has 7 atom stereocenters. The van der Waals surface area contributed by atoms with E-state index in [1.807, 2.05) is 0 Å². The number of ketones is 1. The normalized spacial score (nSPS) is 34.8. The van der Waals surface area contributed by atoms with Crippen molar-refractivity contribution in [2.24, 2.45) is 5.92 Å².